The molecule has 0 radical (unpaired) electrons. The van der Waals surface area contributed by atoms with Gasteiger partial charge in [0.15, 0.2) is 0 Å². The predicted molar refractivity (Wildman–Crippen MR) is 45.3 cm³/mol. The highest BCUT2D eigenvalue weighted by molar-refractivity contribution is 6.15. The molecule has 0 aliphatic heterocycles. The Morgan fingerprint density at radius 1 is 1.36 bits per heavy atom. The number of rotatable bonds is 0. The molecule has 0 aromatic carbocycles. The van der Waals surface area contributed by atoms with E-state index in [0.717, 1.165) is 4.90 Å². The number of hydrogen-bond donors (Lipinski definition) is 1. The van der Waals surface area contributed by atoms with E-state index in [-0.39, 0.29) is 6.03 Å². The summed E-state index contributed by atoms with van der Waals surface area (Å²) >= 11 is 0. The van der Waals surface area contributed by atoms with Crippen LogP contribution in [0.4, 0.5) is 9.59 Å². The average molecular weight is 175 g/mol. The summed E-state index contributed by atoms with van der Waals surface area (Å²) < 4.78 is 1.47. The fraction of sp³-hybridized carbons (Fsp3) is 0.600. The van der Waals surface area contributed by atoms with Crippen molar-refractivity contribution in [3.05, 3.63) is 0 Å². The highest BCUT2D eigenvalue weighted by Gasteiger charge is 2.15. The standard InChI is InChI=1S/C5H13N3O2Si/c1-6-4(9)7(2)5(10)8(3)11/h1-3,11H3,(H,6,9). The minimum Gasteiger partial charge on any atom is -0.363 e. The Morgan fingerprint density at radius 3 is 2.09 bits per heavy atom. The Bertz CT molecular complexity index is 171. The third-order valence-corrected chi connectivity index (χ3v) is 1.57. The summed E-state index contributed by atoms with van der Waals surface area (Å²) in [5.41, 5.74) is 0. The molecular weight excluding hydrogens is 162 g/mol. The average Bonchev–Trinajstić information content (AvgIpc) is 2.00. The number of nitrogens with one attached hydrogen (secondary N) is 1. The maximum absolute atomic E-state index is 11.1. The smallest absolute Gasteiger partial charge is 0.324 e. The summed E-state index contributed by atoms with van der Waals surface area (Å²) in [6.07, 6.45) is 0. The lowest BCUT2D eigenvalue weighted by molar-refractivity contribution is 0.186. The quantitative estimate of drug-likeness (QED) is 0.460. The Balaban J connectivity index is 4.13. The lowest BCUT2D eigenvalue weighted by atomic mass is 10.7. The molecule has 0 aromatic heterocycles. The Morgan fingerprint density at radius 2 is 1.82 bits per heavy atom. The highest BCUT2D eigenvalue weighted by Crippen LogP contribution is 1.89. The van der Waals surface area contributed by atoms with Crippen LogP contribution in [0.2, 0.25) is 0 Å². The van der Waals surface area contributed by atoms with Crippen molar-refractivity contribution >= 4 is 22.5 Å². The molecule has 0 saturated heterocycles. The van der Waals surface area contributed by atoms with Gasteiger partial charge in [0.05, 0.1) is 0 Å². The molecule has 0 unspecified atom stereocenters. The number of hydrogen-bond acceptors (Lipinski definition) is 2. The van der Waals surface area contributed by atoms with E-state index in [2.05, 4.69) is 5.32 Å². The van der Waals surface area contributed by atoms with Crippen LogP contribution < -0.4 is 5.32 Å². The van der Waals surface area contributed by atoms with Crippen molar-refractivity contribution in [2.75, 3.05) is 21.1 Å². The molecule has 0 aromatic rings. The molecule has 1 N–H and O–H groups in total. The van der Waals surface area contributed by atoms with Gasteiger partial charge in [0.2, 0.25) is 0 Å². The summed E-state index contributed by atoms with van der Waals surface area (Å²) in [5.74, 6) is 0. The number of nitrogens with zero attached hydrogens (tertiary/aromatic N) is 2. The maximum Gasteiger partial charge on any atom is 0.324 e. The topological polar surface area (TPSA) is 52.7 Å². The zero-order valence-electron chi connectivity index (χ0n) is 7.21. The van der Waals surface area contributed by atoms with Crippen LogP contribution in [0.15, 0.2) is 0 Å². The van der Waals surface area contributed by atoms with Crippen LogP contribution in [-0.2, 0) is 0 Å². The zero-order chi connectivity index (χ0) is 9.02. The van der Waals surface area contributed by atoms with E-state index >= 15 is 0 Å². The molecule has 0 fully saturated rings. The molecule has 64 valence electrons. The van der Waals surface area contributed by atoms with Crippen LogP contribution in [0.25, 0.3) is 0 Å². The van der Waals surface area contributed by atoms with Crippen molar-refractivity contribution in [3.8, 4) is 0 Å². The van der Waals surface area contributed by atoms with Gasteiger partial charge in [0.1, 0.15) is 10.4 Å². The number of carbonyl (C=O) groups is 2. The summed E-state index contributed by atoms with van der Waals surface area (Å²) in [7, 11) is 5.18. The molecule has 5 nitrogen and oxygen atoms in total. The van der Waals surface area contributed by atoms with Crippen molar-refractivity contribution in [1.82, 2.24) is 14.8 Å². The van der Waals surface area contributed by atoms with Gasteiger partial charge in [-0.1, -0.05) is 0 Å². The minimum absolute atomic E-state index is 0.281. The molecule has 0 atom stereocenters. The molecule has 0 heterocycles. The van der Waals surface area contributed by atoms with Crippen LogP contribution >= 0.6 is 0 Å². The van der Waals surface area contributed by atoms with Crippen LogP contribution in [0.5, 0.6) is 0 Å². The molecule has 6 heteroatoms. The van der Waals surface area contributed by atoms with Gasteiger partial charge in [0, 0.05) is 21.1 Å². The monoisotopic (exact) mass is 175 g/mol. The van der Waals surface area contributed by atoms with Crippen molar-refractivity contribution in [3.63, 3.8) is 0 Å². The second-order valence-electron chi connectivity index (χ2n) is 2.29. The first kappa shape index (κ1) is 9.96. The third-order valence-electron chi connectivity index (χ3n) is 1.19. The molecule has 4 amide bonds. The maximum atomic E-state index is 11.1. The van der Waals surface area contributed by atoms with Gasteiger partial charge in [-0.25, -0.2) is 14.5 Å². The van der Waals surface area contributed by atoms with Gasteiger partial charge in [-0.05, 0) is 0 Å². The zero-order valence-corrected chi connectivity index (χ0v) is 9.21. The van der Waals surface area contributed by atoms with Gasteiger partial charge >= 0.3 is 12.1 Å². The highest BCUT2D eigenvalue weighted by atomic mass is 28.2. The summed E-state index contributed by atoms with van der Waals surface area (Å²) in [6, 6.07) is -0.672. The summed E-state index contributed by atoms with van der Waals surface area (Å²) in [4.78, 5) is 22.9. The molecule has 0 rings (SSSR count). The SMILES string of the molecule is CNC(=O)N(C)C(=O)N(C)[SiH3]. The number of carbonyl (C=O) groups excluding carboxylic acids is 2. The van der Waals surface area contributed by atoms with Crippen molar-refractivity contribution in [2.45, 2.75) is 0 Å². The number of amides is 4. The van der Waals surface area contributed by atoms with Gasteiger partial charge in [-0.2, -0.15) is 0 Å². The first-order valence-corrected chi connectivity index (χ1v) is 4.07. The van der Waals surface area contributed by atoms with Crippen molar-refractivity contribution in [1.29, 1.82) is 0 Å². The van der Waals surface area contributed by atoms with E-state index in [1.807, 2.05) is 0 Å². The fourth-order valence-corrected chi connectivity index (χ4v) is 0.855. The van der Waals surface area contributed by atoms with E-state index < -0.39 is 6.03 Å². The minimum atomic E-state index is -0.391. The van der Waals surface area contributed by atoms with E-state index in [9.17, 15) is 9.59 Å². The molecular formula is C5H13N3O2Si. The van der Waals surface area contributed by atoms with E-state index in [1.165, 1.54) is 18.7 Å². The van der Waals surface area contributed by atoms with Gasteiger partial charge in [-0.15, -0.1) is 0 Å². The first-order valence-electron chi connectivity index (χ1n) is 3.17. The second kappa shape index (κ2) is 3.97. The Kier molecular flexibility index (Phi) is 3.59. The van der Waals surface area contributed by atoms with E-state index in [1.54, 1.807) is 7.05 Å². The van der Waals surface area contributed by atoms with Gasteiger partial charge < -0.3 is 9.88 Å². The number of imide groups is 1. The van der Waals surface area contributed by atoms with Crippen LogP contribution in [-0.4, -0.2) is 53.1 Å². The van der Waals surface area contributed by atoms with E-state index in [0.29, 0.717) is 10.4 Å². The normalized spacial score (nSPS) is 9.00. The Hall–Kier alpha value is -1.04. The first-order chi connectivity index (χ1) is 5.00. The van der Waals surface area contributed by atoms with Gasteiger partial charge in [0.25, 0.3) is 0 Å². The lowest BCUT2D eigenvalue weighted by Crippen LogP contribution is -2.44. The largest absolute Gasteiger partial charge is 0.363 e. The molecule has 11 heavy (non-hydrogen) atoms. The molecule has 0 spiro atoms. The molecule has 0 bridgehead atoms. The summed E-state index contributed by atoms with van der Waals surface area (Å²) in [5, 5.41) is 2.36. The predicted octanol–water partition coefficient (Wildman–Crippen LogP) is -1.41. The third kappa shape index (κ3) is 2.58. The van der Waals surface area contributed by atoms with Crippen LogP contribution in [0, 0.1) is 0 Å². The number of urea groups is 2. The van der Waals surface area contributed by atoms with Crippen molar-refractivity contribution < 1.29 is 9.59 Å². The molecule has 0 saturated carbocycles. The van der Waals surface area contributed by atoms with Crippen LogP contribution in [0.1, 0.15) is 0 Å². The second-order valence-corrected chi connectivity index (χ2v) is 3.63. The fourth-order valence-electron chi connectivity index (χ4n) is 0.555. The van der Waals surface area contributed by atoms with Crippen LogP contribution in [0.3, 0.4) is 0 Å². The van der Waals surface area contributed by atoms with E-state index in [4.69, 9.17) is 0 Å². The molecule has 0 aliphatic carbocycles. The van der Waals surface area contributed by atoms with Gasteiger partial charge in [-0.3, -0.25) is 0 Å². The molecule has 0 aliphatic rings. The van der Waals surface area contributed by atoms with Crippen molar-refractivity contribution in [2.24, 2.45) is 0 Å². The lowest BCUT2D eigenvalue weighted by Gasteiger charge is -2.19. The Labute approximate surface area is 68.8 Å². The summed E-state index contributed by atoms with van der Waals surface area (Å²) in [6.45, 7) is 0.